The van der Waals surface area contributed by atoms with Crippen LogP contribution in [-0.4, -0.2) is 11.6 Å². The second-order valence-electron chi connectivity index (χ2n) is 4.71. The lowest BCUT2D eigenvalue weighted by Gasteiger charge is -2.20. The maximum Gasteiger partial charge on any atom is 0.127 e. The van der Waals surface area contributed by atoms with E-state index in [9.17, 15) is 0 Å². The second-order valence-corrected chi connectivity index (χ2v) is 4.71. The van der Waals surface area contributed by atoms with Gasteiger partial charge in [0.1, 0.15) is 5.75 Å². The molecule has 0 spiro atoms. The van der Waals surface area contributed by atoms with Gasteiger partial charge in [-0.2, -0.15) is 0 Å². The van der Waals surface area contributed by atoms with Gasteiger partial charge in [0.15, 0.2) is 0 Å². The topological polar surface area (TPSA) is 60.2 Å². The molecule has 1 aliphatic heterocycles. The molecule has 2 heterocycles. The van der Waals surface area contributed by atoms with Crippen LogP contribution in [0.15, 0.2) is 36.5 Å². The van der Waals surface area contributed by atoms with Crippen molar-refractivity contribution in [3.05, 3.63) is 58.9 Å². The highest BCUT2D eigenvalue weighted by Gasteiger charge is 2.23. The molecular weight excluding hydrogens is 238 g/mol. The number of ether oxygens (including phenoxy) is 1. The first-order valence-corrected chi connectivity index (χ1v) is 6.43. The number of fused-ring (bicyclic) bond motifs is 1. The number of rotatable bonds is 3. The van der Waals surface area contributed by atoms with E-state index in [1.165, 1.54) is 5.56 Å². The van der Waals surface area contributed by atoms with Crippen LogP contribution in [0.4, 0.5) is 0 Å². The number of hydrazine groups is 1. The molecule has 3 rings (SSSR count). The Morgan fingerprint density at radius 1 is 1.26 bits per heavy atom. The van der Waals surface area contributed by atoms with E-state index in [-0.39, 0.29) is 6.04 Å². The van der Waals surface area contributed by atoms with Crippen molar-refractivity contribution in [2.75, 3.05) is 6.61 Å². The smallest absolute Gasteiger partial charge is 0.127 e. The Labute approximate surface area is 112 Å². The van der Waals surface area contributed by atoms with Gasteiger partial charge in [0, 0.05) is 23.9 Å². The van der Waals surface area contributed by atoms with Crippen molar-refractivity contribution in [1.82, 2.24) is 10.4 Å². The predicted molar refractivity (Wildman–Crippen MR) is 73.8 cm³/mol. The lowest BCUT2D eigenvalue weighted by atomic mass is 9.95. The molecule has 19 heavy (non-hydrogen) atoms. The normalized spacial score (nSPS) is 14.8. The van der Waals surface area contributed by atoms with Crippen LogP contribution in [0.2, 0.25) is 0 Å². The van der Waals surface area contributed by atoms with Crippen molar-refractivity contribution in [3.63, 3.8) is 0 Å². The number of hydrogen-bond donors (Lipinski definition) is 2. The predicted octanol–water partition coefficient (Wildman–Crippen LogP) is 1.88. The van der Waals surface area contributed by atoms with E-state index in [4.69, 9.17) is 10.6 Å². The third kappa shape index (κ3) is 2.09. The maximum atomic E-state index is 5.77. The molecule has 1 aromatic carbocycles. The van der Waals surface area contributed by atoms with Crippen LogP contribution in [0, 0.1) is 6.92 Å². The van der Waals surface area contributed by atoms with Gasteiger partial charge in [0.25, 0.3) is 0 Å². The van der Waals surface area contributed by atoms with Crippen molar-refractivity contribution < 1.29 is 4.74 Å². The number of nitrogens with one attached hydrogen (secondary N) is 1. The minimum absolute atomic E-state index is 0.0956. The number of nitrogens with zero attached hydrogens (tertiary/aromatic N) is 1. The maximum absolute atomic E-state index is 5.77. The number of pyridine rings is 1. The van der Waals surface area contributed by atoms with Gasteiger partial charge in [-0.1, -0.05) is 24.3 Å². The lowest BCUT2D eigenvalue weighted by molar-refractivity contribution is 0.350. The zero-order valence-electron chi connectivity index (χ0n) is 10.9. The molecule has 0 bridgehead atoms. The van der Waals surface area contributed by atoms with Gasteiger partial charge >= 0.3 is 0 Å². The molecule has 1 aliphatic rings. The Balaban J connectivity index is 2.09. The fourth-order valence-corrected chi connectivity index (χ4v) is 2.62. The van der Waals surface area contributed by atoms with Gasteiger partial charge < -0.3 is 4.74 Å². The Kier molecular flexibility index (Phi) is 3.19. The van der Waals surface area contributed by atoms with Crippen molar-refractivity contribution >= 4 is 0 Å². The first-order valence-electron chi connectivity index (χ1n) is 6.43. The van der Waals surface area contributed by atoms with E-state index in [0.29, 0.717) is 0 Å². The highest BCUT2D eigenvalue weighted by molar-refractivity contribution is 5.49. The Hall–Kier alpha value is -1.91. The molecule has 0 saturated carbocycles. The van der Waals surface area contributed by atoms with Gasteiger partial charge in [-0.15, -0.1) is 0 Å². The molecule has 4 heteroatoms. The van der Waals surface area contributed by atoms with E-state index >= 15 is 0 Å². The van der Waals surface area contributed by atoms with Gasteiger partial charge in [-0.25, -0.2) is 5.43 Å². The molecule has 2 aromatic rings. The molecule has 0 aliphatic carbocycles. The SMILES string of the molecule is Cc1ncccc1C(NN)c1cccc2c1OCC2. The summed E-state index contributed by atoms with van der Waals surface area (Å²) in [6, 6.07) is 10.1. The summed E-state index contributed by atoms with van der Waals surface area (Å²) in [7, 11) is 0. The standard InChI is InChI=1S/C15H17N3O/c1-10-12(6-3-8-17-10)14(18-16)13-5-2-4-11-7-9-19-15(11)13/h2-6,8,14,18H,7,9,16H2,1H3. The highest BCUT2D eigenvalue weighted by Crippen LogP contribution is 2.36. The first-order chi connectivity index (χ1) is 9.31. The average molecular weight is 255 g/mol. The summed E-state index contributed by atoms with van der Waals surface area (Å²) in [4.78, 5) is 4.33. The van der Waals surface area contributed by atoms with Gasteiger partial charge in [-0.3, -0.25) is 10.8 Å². The quantitative estimate of drug-likeness (QED) is 0.649. The second kappa shape index (κ2) is 4.99. The summed E-state index contributed by atoms with van der Waals surface area (Å²) in [6.45, 7) is 2.74. The summed E-state index contributed by atoms with van der Waals surface area (Å²) in [5.74, 6) is 6.73. The molecule has 0 radical (unpaired) electrons. The van der Waals surface area contributed by atoms with E-state index in [1.54, 1.807) is 6.20 Å². The van der Waals surface area contributed by atoms with Gasteiger partial charge in [0.2, 0.25) is 0 Å². The number of aryl methyl sites for hydroxylation is 1. The average Bonchev–Trinajstić information content (AvgIpc) is 2.91. The highest BCUT2D eigenvalue weighted by atomic mass is 16.5. The largest absolute Gasteiger partial charge is 0.493 e. The number of para-hydroxylation sites is 1. The van der Waals surface area contributed by atoms with Gasteiger partial charge in [-0.05, 0) is 24.1 Å². The minimum atomic E-state index is -0.0956. The Morgan fingerprint density at radius 3 is 2.89 bits per heavy atom. The number of hydrogen-bond acceptors (Lipinski definition) is 4. The minimum Gasteiger partial charge on any atom is -0.493 e. The molecule has 0 amide bonds. The molecule has 1 aromatic heterocycles. The third-order valence-corrected chi connectivity index (χ3v) is 3.58. The summed E-state index contributed by atoms with van der Waals surface area (Å²) in [6.07, 6.45) is 2.75. The summed E-state index contributed by atoms with van der Waals surface area (Å²) >= 11 is 0. The van der Waals surface area contributed by atoms with E-state index in [0.717, 1.165) is 35.6 Å². The van der Waals surface area contributed by atoms with Gasteiger partial charge in [0.05, 0.1) is 12.6 Å². The number of aromatic nitrogens is 1. The van der Waals surface area contributed by atoms with E-state index < -0.39 is 0 Å². The molecule has 98 valence electrons. The molecular formula is C15H17N3O. The Morgan fingerprint density at radius 2 is 2.11 bits per heavy atom. The van der Waals surface area contributed by atoms with Crippen molar-refractivity contribution in [2.24, 2.45) is 5.84 Å². The molecule has 1 atom stereocenters. The zero-order chi connectivity index (χ0) is 13.2. The molecule has 0 fully saturated rings. The van der Waals surface area contributed by atoms with Crippen LogP contribution in [0.3, 0.4) is 0 Å². The fourth-order valence-electron chi connectivity index (χ4n) is 2.62. The van der Waals surface area contributed by atoms with Crippen LogP contribution in [0.25, 0.3) is 0 Å². The fraction of sp³-hybridized carbons (Fsp3) is 0.267. The molecule has 3 N–H and O–H groups in total. The van der Waals surface area contributed by atoms with Crippen LogP contribution >= 0.6 is 0 Å². The number of benzene rings is 1. The van der Waals surface area contributed by atoms with Crippen LogP contribution < -0.4 is 16.0 Å². The van der Waals surface area contributed by atoms with Crippen molar-refractivity contribution in [1.29, 1.82) is 0 Å². The molecule has 1 unspecified atom stereocenters. The zero-order valence-corrected chi connectivity index (χ0v) is 10.9. The summed E-state index contributed by atoms with van der Waals surface area (Å²) in [5.41, 5.74) is 7.26. The third-order valence-electron chi connectivity index (χ3n) is 3.58. The number of nitrogens with two attached hydrogens (primary N) is 1. The van der Waals surface area contributed by atoms with Crippen molar-refractivity contribution in [2.45, 2.75) is 19.4 Å². The van der Waals surface area contributed by atoms with Crippen LogP contribution in [-0.2, 0) is 6.42 Å². The van der Waals surface area contributed by atoms with E-state index in [2.05, 4.69) is 28.6 Å². The van der Waals surface area contributed by atoms with Crippen LogP contribution in [0.1, 0.15) is 28.4 Å². The van der Waals surface area contributed by atoms with E-state index in [1.807, 2.05) is 19.1 Å². The summed E-state index contributed by atoms with van der Waals surface area (Å²) in [5, 5.41) is 0. The van der Waals surface area contributed by atoms with Crippen molar-refractivity contribution in [3.8, 4) is 5.75 Å². The molecule has 4 nitrogen and oxygen atoms in total. The van der Waals surface area contributed by atoms with Crippen LogP contribution in [0.5, 0.6) is 5.75 Å². The Bertz CT molecular complexity index is 598. The molecule has 0 saturated heterocycles. The lowest BCUT2D eigenvalue weighted by Crippen LogP contribution is -2.29. The first kappa shape index (κ1) is 12.1. The summed E-state index contributed by atoms with van der Waals surface area (Å²) < 4.78 is 5.76. The monoisotopic (exact) mass is 255 g/mol.